The molecule has 7 heteroatoms. The van der Waals surface area contributed by atoms with E-state index in [0.29, 0.717) is 12.4 Å². The molecule has 3 aromatic rings. The number of carbonyl (C=O) groups excluding carboxylic acids is 1. The first-order chi connectivity index (χ1) is 12.7. The molecule has 0 saturated carbocycles. The highest BCUT2D eigenvalue weighted by molar-refractivity contribution is 5.91. The molecule has 1 saturated heterocycles. The van der Waals surface area contributed by atoms with Crippen LogP contribution in [0.4, 0.5) is 5.82 Å². The number of primary amides is 1. The van der Waals surface area contributed by atoms with Gasteiger partial charge in [-0.05, 0) is 24.3 Å². The molecule has 0 aliphatic carbocycles. The summed E-state index contributed by atoms with van der Waals surface area (Å²) < 4.78 is 0. The smallest absolute Gasteiger partial charge is 0.231 e. The Bertz CT molecular complexity index is 922. The van der Waals surface area contributed by atoms with E-state index < -0.39 is 0 Å². The Hall–Kier alpha value is -3.06. The van der Waals surface area contributed by atoms with Crippen molar-refractivity contribution in [2.75, 3.05) is 37.6 Å². The molecule has 0 unspecified atom stereocenters. The molecule has 26 heavy (non-hydrogen) atoms. The molecule has 2 aromatic heterocycles. The third-order valence-corrected chi connectivity index (χ3v) is 4.55. The van der Waals surface area contributed by atoms with Crippen molar-refractivity contribution in [3.8, 4) is 11.4 Å². The predicted molar refractivity (Wildman–Crippen MR) is 101 cm³/mol. The Labute approximate surface area is 151 Å². The molecule has 2 N–H and O–H groups in total. The molecule has 0 radical (unpaired) electrons. The minimum absolute atomic E-state index is 0.287. The number of hydrogen-bond donors (Lipinski definition) is 1. The van der Waals surface area contributed by atoms with E-state index in [2.05, 4.69) is 14.8 Å². The Morgan fingerprint density at radius 2 is 1.85 bits per heavy atom. The molecular formula is C19H20N6O. The molecule has 3 heterocycles. The fourth-order valence-electron chi connectivity index (χ4n) is 3.26. The van der Waals surface area contributed by atoms with Gasteiger partial charge in [-0.2, -0.15) is 0 Å². The van der Waals surface area contributed by atoms with Crippen LogP contribution < -0.4 is 10.6 Å². The highest BCUT2D eigenvalue weighted by atomic mass is 16.1. The summed E-state index contributed by atoms with van der Waals surface area (Å²) >= 11 is 0. The van der Waals surface area contributed by atoms with E-state index in [-0.39, 0.29) is 5.91 Å². The molecule has 1 aliphatic heterocycles. The van der Waals surface area contributed by atoms with Crippen LogP contribution in [0.15, 0.2) is 48.8 Å². The lowest BCUT2D eigenvalue weighted by atomic mass is 10.2. The van der Waals surface area contributed by atoms with Gasteiger partial charge in [0.2, 0.25) is 5.91 Å². The highest BCUT2D eigenvalue weighted by Gasteiger charge is 2.21. The molecule has 0 atom stereocenters. The van der Waals surface area contributed by atoms with Crippen LogP contribution in [0, 0.1) is 0 Å². The molecule has 4 rings (SSSR count). The number of carbonyl (C=O) groups is 1. The summed E-state index contributed by atoms with van der Waals surface area (Å²) in [6.45, 7) is 3.45. The van der Waals surface area contributed by atoms with Crippen LogP contribution >= 0.6 is 0 Å². The molecule has 1 amide bonds. The zero-order chi connectivity index (χ0) is 17.9. The maximum absolute atomic E-state index is 11.1. The van der Waals surface area contributed by atoms with Gasteiger partial charge >= 0.3 is 0 Å². The van der Waals surface area contributed by atoms with Crippen molar-refractivity contribution in [3.63, 3.8) is 0 Å². The fourth-order valence-corrected chi connectivity index (χ4v) is 3.26. The number of anilines is 1. The quantitative estimate of drug-likeness (QED) is 0.764. The van der Waals surface area contributed by atoms with Gasteiger partial charge in [-0.3, -0.25) is 14.7 Å². The van der Waals surface area contributed by atoms with Crippen molar-refractivity contribution < 1.29 is 4.79 Å². The van der Waals surface area contributed by atoms with Gasteiger partial charge in [0, 0.05) is 49.5 Å². The monoisotopic (exact) mass is 348 g/mol. The van der Waals surface area contributed by atoms with Gasteiger partial charge in [-0.1, -0.05) is 12.1 Å². The van der Waals surface area contributed by atoms with Crippen molar-refractivity contribution in [1.82, 2.24) is 19.9 Å². The van der Waals surface area contributed by atoms with Gasteiger partial charge in [0.1, 0.15) is 5.82 Å². The van der Waals surface area contributed by atoms with Gasteiger partial charge in [-0.15, -0.1) is 0 Å². The molecule has 1 aliphatic rings. The molecule has 1 aromatic carbocycles. The van der Waals surface area contributed by atoms with E-state index in [9.17, 15) is 4.79 Å². The van der Waals surface area contributed by atoms with Crippen LogP contribution in [0.25, 0.3) is 22.3 Å². The Morgan fingerprint density at radius 3 is 2.58 bits per heavy atom. The molecule has 0 spiro atoms. The number of benzene rings is 1. The maximum Gasteiger partial charge on any atom is 0.231 e. The topological polar surface area (TPSA) is 88.2 Å². The van der Waals surface area contributed by atoms with Crippen molar-refractivity contribution in [1.29, 1.82) is 0 Å². The number of aromatic nitrogens is 3. The fraction of sp³-hybridized carbons (Fsp3) is 0.263. The van der Waals surface area contributed by atoms with Crippen LogP contribution in [-0.4, -0.2) is 58.5 Å². The van der Waals surface area contributed by atoms with E-state index >= 15 is 0 Å². The van der Waals surface area contributed by atoms with Crippen molar-refractivity contribution >= 4 is 22.6 Å². The minimum atomic E-state index is -0.287. The summed E-state index contributed by atoms with van der Waals surface area (Å²) in [6.07, 6.45) is 3.52. The number of nitrogens with two attached hydrogens (primary N) is 1. The van der Waals surface area contributed by atoms with Crippen LogP contribution in [0.3, 0.4) is 0 Å². The molecule has 132 valence electrons. The number of nitrogens with zero attached hydrogens (tertiary/aromatic N) is 5. The molecule has 0 bridgehead atoms. The van der Waals surface area contributed by atoms with Gasteiger partial charge in [0.05, 0.1) is 12.1 Å². The number of rotatable bonds is 4. The number of pyridine rings is 1. The van der Waals surface area contributed by atoms with E-state index in [1.807, 2.05) is 36.4 Å². The second kappa shape index (κ2) is 7.05. The Balaban J connectivity index is 1.69. The zero-order valence-corrected chi connectivity index (χ0v) is 14.4. The average molecular weight is 348 g/mol. The van der Waals surface area contributed by atoms with Gasteiger partial charge in [0.25, 0.3) is 0 Å². The van der Waals surface area contributed by atoms with E-state index in [1.54, 1.807) is 12.4 Å². The lowest BCUT2D eigenvalue weighted by Gasteiger charge is -2.35. The molecule has 1 fully saturated rings. The Kier molecular flexibility index (Phi) is 4.45. The van der Waals surface area contributed by atoms with Crippen molar-refractivity contribution in [2.45, 2.75) is 0 Å². The Morgan fingerprint density at radius 1 is 1.04 bits per heavy atom. The van der Waals surface area contributed by atoms with Crippen molar-refractivity contribution in [2.24, 2.45) is 5.73 Å². The van der Waals surface area contributed by atoms with Gasteiger partial charge < -0.3 is 10.6 Å². The summed E-state index contributed by atoms with van der Waals surface area (Å²) in [7, 11) is 0. The average Bonchev–Trinajstić information content (AvgIpc) is 2.68. The highest BCUT2D eigenvalue weighted by Crippen LogP contribution is 2.27. The first-order valence-corrected chi connectivity index (χ1v) is 8.63. The lowest BCUT2D eigenvalue weighted by molar-refractivity contribution is -0.119. The third kappa shape index (κ3) is 3.34. The number of para-hydroxylation sites is 1. The first-order valence-electron chi connectivity index (χ1n) is 8.63. The number of piperazine rings is 1. The third-order valence-electron chi connectivity index (χ3n) is 4.55. The van der Waals surface area contributed by atoms with Crippen LogP contribution in [0.1, 0.15) is 0 Å². The second-order valence-electron chi connectivity index (χ2n) is 6.36. The van der Waals surface area contributed by atoms with E-state index in [0.717, 1.165) is 48.5 Å². The largest absolute Gasteiger partial charge is 0.369 e. The van der Waals surface area contributed by atoms with Crippen LogP contribution in [0.2, 0.25) is 0 Å². The van der Waals surface area contributed by atoms with Gasteiger partial charge in [0.15, 0.2) is 5.82 Å². The predicted octanol–water partition coefficient (Wildman–Crippen LogP) is 1.30. The minimum Gasteiger partial charge on any atom is -0.369 e. The van der Waals surface area contributed by atoms with E-state index in [4.69, 9.17) is 15.7 Å². The second-order valence-corrected chi connectivity index (χ2v) is 6.36. The summed E-state index contributed by atoms with van der Waals surface area (Å²) in [5.74, 6) is 1.31. The standard InChI is InChI=1S/C19H20N6O/c20-17(26)13-24-8-10-25(11-9-24)19-15-5-1-2-6-16(15)22-18(23-19)14-4-3-7-21-12-14/h1-7,12H,8-11,13H2,(H2,20,26). The molecule has 7 nitrogen and oxygen atoms in total. The summed E-state index contributed by atoms with van der Waals surface area (Å²) in [5, 5.41) is 1.03. The number of amides is 1. The van der Waals surface area contributed by atoms with Crippen LogP contribution in [0.5, 0.6) is 0 Å². The molecular weight excluding hydrogens is 328 g/mol. The van der Waals surface area contributed by atoms with Crippen molar-refractivity contribution in [3.05, 3.63) is 48.8 Å². The summed E-state index contributed by atoms with van der Waals surface area (Å²) in [4.78, 5) is 29.2. The SMILES string of the molecule is NC(=O)CN1CCN(c2nc(-c3cccnc3)nc3ccccc23)CC1. The van der Waals surface area contributed by atoms with Gasteiger partial charge in [-0.25, -0.2) is 9.97 Å². The lowest BCUT2D eigenvalue weighted by Crippen LogP contribution is -2.49. The summed E-state index contributed by atoms with van der Waals surface area (Å²) in [5.41, 5.74) is 7.12. The summed E-state index contributed by atoms with van der Waals surface area (Å²) in [6, 6.07) is 11.9. The number of hydrogen-bond acceptors (Lipinski definition) is 6. The zero-order valence-electron chi connectivity index (χ0n) is 14.4. The normalized spacial score (nSPS) is 15.3. The van der Waals surface area contributed by atoms with E-state index in [1.165, 1.54) is 0 Å². The van der Waals surface area contributed by atoms with Crippen LogP contribution in [-0.2, 0) is 4.79 Å². The number of fused-ring (bicyclic) bond motifs is 1. The first kappa shape index (κ1) is 16.4. The maximum atomic E-state index is 11.1.